The average molecular weight is 355 g/mol. The lowest BCUT2D eigenvalue weighted by atomic mass is 10.1. The number of hydrogen-bond donors (Lipinski definition) is 0. The quantitative estimate of drug-likeness (QED) is 0.712. The first-order chi connectivity index (χ1) is 13.3. The minimum atomic E-state index is 0.196. The zero-order valence-electron chi connectivity index (χ0n) is 14.7. The third-order valence-corrected chi connectivity index (χ3v) is 5.02. The fraction of sp³-hybridized carbons (Fsp3) is 0.350. The molecule has 2 atom stereocenters. The molecule has 0 bridgehead atoms. The summed E-state index contributed by atoms with van der Waals surface area (Å²) in [5, 5.41) is 18.2. The van der Waals surface area contributed by atoms with Crippen LogP contribution < -0.4 is 4.90 Å². The number of nitriles is 2. The molecule has 7 heteroatoms. The number of fused-ring (bicyclic) bond motifs is 1. The predicted molar refractivity (Wildman–Crippen MR) is 98.3 cm³/mol. The van der Waals surface area contributed by atoms with E-state index >= 15 is 0 Å². The molecule has 27 heavy (non-hydrogen) atoms. The lowest BCUT2D eigenvalue weighted by Crippen LogP contribution is -2.52. The highest BCUT2D eigenvalue weighted by molar-refractivity contribution is 5.50. The molecule has 0 aliphatic carbocycles. The van der Waals surface area contributed by atoms with Gasteiger partial charge in [0.1, 0.15) is 23.5 Å². The van der Waals surface area contributed by atoms with Crippen molar-refractivity contribution in [3.05, 3.63) is 47.7 Å². The van der Waals surface area contributed by atoms with Crippen molar-refractivity contribution in [2.75, 3.05) is 24.5 Å². The van der Waals surface area contributed by atoms with Crippen LogP contribution in [0.5, 0.6) is 0 Å². The Hall–Kier alpha value is -3.47. The van der Waals surface area contributed by atoms with Gasteiger partial charge >= 0.3 is 0 Å². The van der Waals surface area contributed by atoms with Crippen molar-refractivity contribution in [2.45, 2.75) is 24.9 Å². The van der Waals surface area contributed by atoms with Gasteiger partial charge in [0, 0.05) is 38.1 Å². The molecule has 0 N–H and O–H groups in total. The molecule has 2 aromatic heterocycles. The first-order valence-corrected chi connectivity index (χ1v) is 8.89. The number of nitrogens with zero attached hydrogens (tertiary/aromatic N) is 7. The Kier molecular flexibility index (Phi) is 4.66. The summed E-state index contributed by atoms with van der Waals surface area (Å²) in [4.78, 5) is 17.3. The lowest BCUT2D eigenvalue weighted by molar-refractivity contribution is 0.202. The Bertz CT molecular complexity index is 992. The normalized spacial score (nSPS) is 21.5. The van der Waals surface area contributed by atoms with Gasteiger partial charge in [-0.1, -0.05) is 12.0 Å². The molecule has 0 spiro atoms. The van der Waals surface area contributed by atoms with E-state index in [0.29, 0.717) is 28.9 Å². The molecule has 0 unspecified atom stereocenters. The van der Waals surface area contributed by atoms with Crippen LogP contribution >= 0.6 is 0 Å². The molecule has 0 radical (unpaired) electrons. The van der Waals surface area contributed by atoms with E-state index in [1.807, 2.05) is 12.1 Å². The van der Waals surface area contributed by atoms with Gasteiger partial charge in [-0.3, -0.25) is 4.90 Å². The van der Waals surface area contributed by atoms with Gasteiger partial charge in [0.05, 0.1) is 6.04 Å². The zero-order chi connectivity index (χ0) is 18.6. The van der Waals surface area contributed by atoms with Crippen molar-refractivity contribution in [3.63, 3.8) is 0 Å². The predicted octanol–water partition coefficient (Wildman–Crippen LogP) is 1.32. The van der Waals surface area contributed by atoms with Crippen LogP contribution in [-0.4, -0.2) is 51.6 Å². The number of aromatic nitrogens is 3. The smallest absolute Gasteiger partial charge is 0.183 e. The number of pyridine rings is 1. The number of piperazine rings is 1. The third kappa shape index (κ3) is 3.44. The Balaban J connectivity index is 1.47. The van der Waals surface area contributed by atoms with Gasteiger partial charge in [-0.25, -0.2) is 15.0 Å². The largest absolute Gasteiger partial charge is 0.351 e. The molecule has 4 rings (SSSR count). The Labute approximate surface area is 157 Å². The molecule has 2 aliphatic rings. The molecule has 4 heterocycles. The summed E-state index contributed by atoms with van der Waals surface area (Å²) >= 11 is 0. The van der Waals surface area contributed by atoms with E-state index in [1.165, 1.54) is 0 Å². The molecule has 0 amide bonds. The maximum atomic E-state index is 9.26. The highest BCUT2D eigenvalue weighted by Gasteiger charge is 2.37. The van der Waals surface area contributed by atoms with Crippen LogP contribution in [0.4, 0.5) is 5.82 Å². The topological polar surface area (TPSA) is 92.7 Å². The SMILES string of the molecule is N#Cc1cccc(C#C[C@@H]2CC[C@@H]3CN(c4nccnc4C#N)CCN32)n1. The summed E-state index contributed by atoms with van der Waals surface area (Å²) in [5.74, 6) is 7.13. The van der Waals surface area contributed by atoms with E-state index in [1.54, 1.807) is 24.5 Å². The van der Waals surface area contributed by atoms with Crippen molar-refractivity contribution < 1.29 is 0 Å². The Morgan fingerprint density at radius 1 is 1.00 bits per heavy atom. The number of anilines is 1. The molecular formula is C20H17N7. The molecule has 2 aliphatic heterocycles. The third-order valence-electron chi connectivity index (χ3n) is 5.02. The monoisotopic (exact) mass is 355 g/mol. The van der Waals surface area contributed by atoms with Crippen LogP contribution in [0.1, 0.15) is 29.9 Å². The highest BCUT2D eigenvalue weighted by atomic mass is 15.3. The van der Waals surface area contributed by atoms with E-state index in [0.717, 1.165) is 32.5 Å². The summed E-state index contributed by atoms with van der Waals surface area (Å²) < 4.78 is 0. The molecule has 2 saturated heterocycles. The van der Waals surface area contributed by atoms with E-state index in [4.69, 9.17) is 5.26 Å². The second kappa shape index (κ2) is 7.41. The minimum absolute atomic E-state index is 0.196. The lowest BCUT2D eigenvalue weighted by Gasteiger charge is -2.39. The summed E-state index contributed by atoms with van der Waals surface area (Å²) in [6, 6.07) is 10.1. The fourth-order valence-corrected chi connectivity index (χ4v) is 3.77. The van der Waals surface area contributed by atoms with E-state index < -0.39 is 0 Å². The summed E-state index contributed by atoms with van der Waals surface area (Å²) in [5.41, 5.74) is 1.40. The molecule has 2 aromatic rings. The minimum Gasteiger partial charge on any atom is -0.351 e. The van der Waals surface area contributed by atoms with Crippen molar-refractivity contribution in [3.8, 4) is 24.0 Å². The first-order valence-electron chi connectivity index (χ1n) is 8.89. The standard InChI is InChI=1S/C20H17N7/c21-12-16-3-1-2-15(25-16)4-5-17-6-7-18-14-26(10-11-27(17)18)20-19(13-22)23-8-9-24-20/h1-3,8-9,17-18H,6-7,10-11,14H2/t17-,18-/m1/s1. The van der Waals surface area contributed by atoms with E-state index in [-0.39, 0.29) is 6.04 Å². The summed E-state index contributed by atoms with van der Waals surface area (Å²) in [6.45, 7) is 2.50. The molecule has 0 saturated carbocycles. The molecule has 132 valence electrons. The van der Waals surface area contributed by atoms with E-state index in [9.17, 15) is 5.26 Å². The van der Waals surface area contributed by atoms with Crippen LogP contribution in [0.25, 0.3) is 0 Å². The van der Waals surface area contributed by atoms with Crippen LogP contribution in [-0.2, 0) is 0 Å². The van der Waals surface area contributed by atoms with Crippen molar-refractivity contribution in [1.82, 2.24) is 19.9 Å². The van der Waals surface area contributed by atoms with Crippen LogP contribution in [0, 0.1) is 34.5 Å². The zero-order valence-corrected chi connectivity index (χ0v) is 14.7. The highest BCUT2D eigenvalue weighted by Crippen LogP contribution is 2.29. The molecule has 0 aromatic carbocycles. The Morgan fingerprint density at radius 2 is 1.85 bits per heavy atom. The second-order valence-corrected chi connectivity index (χ2v) is 6.56. The van der Waals surface area contributed by atoms with E-state index in [2.05, 4.69) is 42.7 Å². The first kappa shape index (κ1) is 17.0. The van der Waals surface area contributed by atoms with Crippen molar-refractivity contribution >= 4 is 5.82 Å². The number of hydrogen-bond acceptors (Lipinski definition) is 7. The van der Waals surface area contributed by atoms with Gasteiger partial charge in [-0.05, 0) is 30.9 Å². The molecule has 7 nitrogen and oxygen atoms in total. The maximum Gasteiger partial charge on any atom is 0.183 e. The average Bonchev–Trinajstić information content (AvgIpc) is 3.14. The van der Waals surface area contributed by atoms with Gasteiger partial charge in [0.2, 0.25) is 0 Å². The molecular weight excluding hydrogens is 338 g/mol. The van der Waals surface area contributed by atoms with Gasteiger partial charge in [-0.15, -0.1) is 0 Å². The van der Waals surface area contributed by atoms with Crippen LogP contribution in [0.15, 0.2) is 30.6 Å². The number of rotatable bonds is 1. The summed E-state index contributed by atoms with van der Waals surface area (Å²) in [6.07, 6.45) is 5.25. The van der Waals surface area contributed by atoms with Crippen molar-refractivity contribution in [2.24, 2.45) is 0 Å². The summed E-state index contributed by atoms with van der Waals surface area (Å²) in [7, 11) is 0. The van der Waals surface area contributed by atoms with Crippen LogP contribution in [0.2, 0.25) is 0 Å². The fourth-order valence-electron chi connectivity index (χ4n) is 3.77. The Morgan fingerprint density at radius 3 is 2.70 bits per heavy atom. The maximum absolute atomic E-state index is 9.26. The molecule has 2 fully saturated rings. The van der Waals surface area contributed by atoms with Gasteiger partial charge in [0.15, 0.2) is 11.5 Å². The van der Waals surface area contributed by atoms with Gasteiger partial charge in [0.25, 0.3) is 0 Å². The van der Waals surface area contributed by atoms with Gasteiger partial charge < -0.3 is 4.90 Å². The second-order valence-electron chi connectivity index (χ2n) is 6.56. The van der Waals surface area contributed by atoms with Crippen molar-refractivity contribution in [1.29, 1.82) is 10.5 Å². The van der Waals surface area contributed by atoms with Gasteiger partial charge in [-0.2, -0.15) is 10.5 Å². The van der Waals surface area contributed by atoms with Crippen LogP contribution in [0.3, 0.4) is 0 Å².